The highest BCUT2D eigenvalue weighted by molar-refractivity contribution is 5.76. The number of hydrogen-bond acceptors (Lipinski definition) is 5. The number of nitrogens with zero attached hydrogens (tertiary/aromatic N) is 2. The Balaban J connectivity index is 1.26. The minimum Gasteiger partial charge on any atom is -0.497 e. The maximum atomic E-state index is 12.4. The van der Waals surface area contributed by atoms with E-state index in [2.05, 4.69) is 34.5 Å². The fourth-order valence-electron chi connectivity index (χ4n) is 3.24. The summed E-state index contributed by atoms with van der Waals surface area (Å²) in [6, 6.07) is 17.9. The quantitative estimate of drug-likeness (QED) is 0.674. The minimum atomic E-state index is 0.219. The first kappa shape index (κ1) is 20.0. The number of ether oxygens (including phenoxy) is 2. The molecule has 6 heteroatoms. The number of carbonyl (C=O) groups excluding carboxylic acids is 1. The van der Waals surface area contributed by atoms with Crippen LogP contribution in [0, 0.1) is 0 Å². The number of amides is 1. The smallest absolute Gasteiger partial charge is 0.223 e. The van der Waals surface area contributed by atoms with Crippen molar-refractivity contribution in [3.63, 3.8) is 0 Å². The average molecular weight is 383 g/mol. The highest BCUT2D eigenvalue weighted by Gasteiger charge is 2.20. The van der Waals surface area contributed by atoms with Crippen molar-refractivity contribution < 1.29 is 14.3 Å². The molecule has 28 heavy (non-hydrogen) atoms. The van der Waals surface area contributed by atoms with Gasteiger partial charge in [-0.15, -0.1) is 0 Å². The van der Waals surface area contributed by atoms with Gasteiger partial charge in [-0.3, -0.25) is 4.79 Å². The number of rotatable bonds is 9. The molecule has 0 radical (unpaired) electrons. The zero-order chi connectivity index (χ0) is 19.6. The molecule has 1 aliphatic heterocycles. The first-order chi connectivity index (χ1) is 13.8. The second-order valence-electron chi connectivity index (χ2n) is 6.73. The molecule has 2 aromatic carbocycles. The van der Waals surface area contributed by atoms with Gasteiger partial charge >= 0.3 is 0 Å². The third-order valence-electron chi connectivity index (χ3n) is 4.88. The Morgan fingerprint density at radius 2 is 1.61 bits per heavy atom. The number of benzene rings is 2. The zero-order valence-electron chi connectivity index (χ0n) is 16.5. The summed E-state index contributed by atoms with van der Waals surface area (Å²) in [6.07, 6.45) is 0.522. The number of methoxy groups -OCH3 is 1. The van der Waals surface area contributed by atoms with Gasteiger partial charge in [0, 0.05) is 51.4 Å². The Hall–Kier alpha value is -2.73. The fourth-order valence-corrected chi connectivity index (χ4v) is 3.24. The van der Waals surface area contributed by atoms with Crippen LogP contribution in [-0.2, 0) is 4.79 Å². The molecule has 0 bridgehead atoms. The summed E-state index contributed by atoms with van der Waals surface area (Å²) in [4.78, 5) is 16.7. The highest BCUT2D eigenvalue weighted by atomic mass is 16.5. The van der Waals surface area contributed by atoms with Crippen molar-refractivity contribution in [1.82, 2.24) is 10.2 Å². The Kier molecular flexibility index (Phi) is 7.55. The monoisotopic (exact) mass is 383 g/mol. The number of nitrogens with one attached hydrogen (secondary N) is 1. The molecule has 0 aliphatic carbocycles. The molecule has 1 amide bonds. The van der Waals surface area contributed by atoms with Gasteiger partial charge in [0.2, 0.25) is 5.91 Å². The standard InChI is InChI=1S/C22H29N3O3/c1-27-20-7-9-21(10-8-20)28-18-13-23-12-11-22(26)25-16-14-24(15-17-25)19-5-3-2-4-6-19/h2-10,23H,11-18H2,1H3. The molecule has 1 saturated heterocycles. The van der Waals surface area contributed by atoms with Crippen molar-refractivity contribution in [2.45, 2.75) is 6.42 Å². The lowest BCUT2D eigenvalue weighted by Crippen LogP contribution is -2.49. The SMILES string of the molecule is COc1ccc(OCCNCCC(=O)N2CCN(c3ccccc3)CC2)cc1. The van der Waals surface area contributed by atoms with Crippen molar-refractivity contribution in [3.8, 4) is 11.5 Å². The fraction of sp³-hybridized carbons (Fsp3) is 0.409. The molecule has 1 fully saturated rings. The summed E-state index contributed by atoms with van der Waals surface area (Å²) < 4.78 is 10.8. The van der Waals surface area contributed by atoms with Crippen LogP contribution in [0.15, 0.2) is 54.6 Å². The molecule has 150 valence electrons. The van der Waals surface area contributed by atoms with E-state index in [4.69, 9.17) is 9.47 Å². The number of hydrogen-bond donors (Lipinski definition) is 1. The molecule has 6 nitrogen and oxygen atoms in total. The van der Waals surface area contributed by atoms with Gasteiger partial charge in [-0.05, 0) is 36.4 Å². The van der Waals surface area contributed by atoms with Crippen molar-refractivity contribution >= 4 is 11.6 Å². The normalized spacial score (nSPS) is 14.0. The lowest BCUT2D eigenvalue weighted by molar-refractivity contribution is -0.131. The maximum absolute atomic E-state index is 12.4. The molecular weight excluding hydrogens is 354 g/mol. The lowest BCUT2D eigenvalue weighted by atomic mass is 10.2. The van der Waals surface area contributed by atoms with E-state index in [9.17, 15) is 4.79 Å². The first-order valence-corrected chi connectivity index (χ1v) is 9.81. The van der Waals surface area contributed by atoms with Crippen molar-refractivity contribution in [3.05, 3.63) is 54.6 Å². The van der Waals surface area contributed by atoms with Crippen molar-refractivity contribution in [1.29, 1.82) is 0 Å². The Labute approximate surface area is 167 Å². The van der Waals surface area contributed by atoms with Gasteiger partial charge < -0.3 is 24.6 Å². The summed E-state index contributed by atoms with van der Waals surface area (Å²) in [5.74, 6) is 1.85. The van der Waals surface area contributed by atoms with Crippen LogP contribution in [0.4, 0.5) is 5.69 Å². The Morgan fingerprint density at radius 1 is 0.929 bits per heavy atom. The van der Waals surface area contributed by atoms with E-state index >= 15 is 0 Å². The van der Waals surface area contributed by atoms with E-state index in [1.54, 1.807) is 7.11 Å². The first-order valence-electron chi connectivity index (χ1n) is 9.81. The van der Waals surface area contributed by atoms with Gasteiger partial charge in [-0.2, -0.15) is 0 Å². The van der Waals surface area contributed by atoms with Crippen molar-refractivity contribution in [2.24, 2.45) is 0 Å². The Bertz CT molecular complexity index is 714. The third kappa shape index (κ3) is 5.89. The number of anilines is 1. The second kappa shape index (κ2) is 10.6. The van der Waals surface area contributed by atoms with Gasteiger partial charge in [0.05, 0.1) is 7.11 Å². The Morgan fingerprint density at radius 3 is 2.29 bits per heavy atom. The van der Waals surface area contributed by atoms with Crippen LogP contribution >= 0.6 is 0 Å². The maximum Gasteiger partial charge on any atom is 0.223 e. The van der Waals surface area contributed by atoms with E-state index in [0.717, 1.165) is 37.7 Å². The molecule has 0 saturated carbocycles. The van der Waals surface area contributed by atoms with E-state index < -0.39 is 0 Å². The van der Waals surface area contributed by atoms with E-state index in [-0.39, 0.29) is 5.91 Å². The van der Waals surface area contributed by atoms with Gasteiger partial charge in [-0.25, -0.2) is 0 Å². The molecule has 0 atom stereocenters. The van der Waals surface area contributed by atoms with Gasteiger partial charge in [0.15, 0.2) is 0 Å². The van der Waals surface area contributed by atoms with E-state index in [0.29, 0.717) is 26.1 Å². The summed E-state index contributed by atoms with van der Waals surface area (Å²) in [6.45, 7) is 5.29. The summed E-state index contributed by atoms with van der Waals surface area (Å²) in [7, 11) is 1.64. The predicted molar refractivity (Wildman–Crippen MR) is 111 cm³/mol. The molecule has 1 aliphatic rings. The van der Waals surface area contributed by atoms with Crippen LogP contribution in [0.2, 0.25) is 0 Å². The number of piperazine rings is 1. The molecule has 2 aromatic rings. The lowest BCUT2D eigenvalue weighted by Gasteiger charge is -2.36. The molecule has 0 aromatic heterocycles. The molecule has 1 heterocycles. The van der Waals surface area contributed by atoms with Crippen LogP contribution in [-0.4, -0.2) is 63.8 Å². The van der Waals surface area contributed by atoms with Crippen LogP contribution in [0.3, 0.4) is 0 Å². The largest absolute Gasteiger partial charge is 0.497 e. The zero-order valence-corrected chi connectivity index (χ0v) is 16.5. The third-order valence-corrected chi connectivity index (χ3v) is 4.88. The minimum absolute atomic E-state index is 0.219. The summed E-state index contributed by atoms with van der Waals surface area (Å²) in [5.41, 5.74) is 1.23. The molecule has 0 spiro atoms. The molecule has 3 rings (SSSR count). The number of para-hydroxylation sites is 1. The van der Waals surface area contributed by atoms with E-state index in [1.807, 2.05) is 35.2 Å². The van der Waals surface area contributed by atoms with Gasteiger partial charge in [-0.1, -0.05) is 18.2 Å². The molecular formula is C22H29N3O3. The van der Waals surface area contributed by atoms with Gasteiger partial charge in [0.1, 0.15) is 18.1 Å². The van der Waals surface area contributed by atoms with Crippen LogP contribution in [0.5, 0.6) is 11.5 Å². The topological polar surface area (TPSA) is 54.0 Å². The summed E-state index contributed by atoms with van der Waals surface area (Å²) >= 11 is 0. The summed E-state index contributed by atoms with van der Waals surface area (Å²) in [5, 5.41) is 3.28. The van der Waals surface area contributed by atoms with E-state index in [1.165, 1.54) is 5.69 Å². The average Bonchev–Trinajstić information content (AvgIpc) is 2.77. The van der Waals surface area contributed by atoms with Crippen molar-refractivity contribution in [2.75, 3.05) is 57.9 Å². The van der Waals surface area contributed by atoms with Gasteiger partial charge in [0.25, 0.3) is 0 Å². The van der Waals surface area contributed by atoms with Crippen LogP contribution in [0.25, 0.3) is 0 Å². The highest BCUT2D eigenvalue weighted by Crippen LogP contribution is 2.17. The molecule has 0 unspecified atom stereocenters. The number of carbonyl (C=O) groups is 1. The second-order valence-corrected chi connectivity index (χ2v) is 6.73. The van der Waals surface area contributed by atoms with Crippen LogP contribution < -0.4 is 19.7 Å². The molecule has 1 N–H and O–H groups in total. The predicted octanol–water partition coefficient (Wildman–Crippen LogP) is 2.40. The van der Waals surface area contributed by atoms with Crippen LogP contribution in [0.1, 0.15) is 6.42 Å².